The van der Waals surface area contributed by atoms with Gasteiger partial charge in [-0.2, -0.15) is 0 Å². The second kappa shape index (κ2) is 34.1. The maximum absolute atomic E-state index is 5.24. The fourth-order valence-electron chi connectivity index (χ4n) is 25.6. The van der Waals surface area contributed by atoms with E-state index in [-0.39, 0.29) is 16.2 Å². The number of hydrogen-bond donors (Lipinski definition) is 0. The molecule has 31 rings (SSSR count). The summed E-state index contributed by atoms with van der Waals surface area (Å²) in [5.74, 6) is 1.44. The number of benzene rings is 22. The summed E-state index contributed by atoms with van der Waals surface area (Å²) in [5, 5.41) is 17.7. The Morgan fingerprint density at radius 1 is 0.167 bits per heavy atom. The van der Waals surface area contributed by atoms with Crippen LogP contribution in [0.5, 0.6) is 0 Å². The lowest BCUT2D eigenvalue weighted by Crippen LogP contribution is -2.16. The maximum atomic E-state index is 5.24. The molecule has 28 aromatic rings. The van der Waals surface area contributed by atoms with E-state index in [1.165, 1.54) is 176 Å². The molecular weight excluding hydrogens is 1820 g/mol. The molecule has 0 bridgehead atoms. The first-order valence-electron chi connectivity index (χ1n) is 51.9. The van der Waals surface area contributed by atoms with Crippen LogP contribution in [0.1, 0.15) is 74.9 Å². The van der Waals surface area contributed by atoms with E-state index in [9.17, 15) is 0 Å². The molecule has 9 heteroatoms. The summed E-state index contributed by atoms with van der Waals surface area (Å²) in [5.41, 5.74) is 42.6. The van der Waals surface area contributed by atoms with Crippen molar-refractivity contribution in [2.75, 3.05) is 0 Å². The molecule has 6 heterocycles. The number of fused-ring (bicyclic) bond motifs is 33. The quantitative estimate of drug-likeness (QED) is 0.135. The van der Waals surface area contributed by atoms with Crippen LogP contribution in [-0.2, 0) is 16.2 Å². The Labute approximate surface area is 867 Å². The summed E-state index contributed by atoms with van der Waals surface area (Å²) in [6.07, 6.45) is 0. The van der Waals surface area contributed by atoms with Crippen molar-refractivity contribution in [3.05, 3.63) is 513 Å². The molecule has 3 aliphatic carbocycles. The van der Waals surface area contributed by atoms with Crippen LogP contribution in [0.15, 0.2) is 479 Å². The molecule has 0 fully saturated rings. The van der Waals surface area contributed by atoms with E-state index in [1.54, 1.807) is 0 Å². The van der Waals surface area contributed by atoms with Crippen molar-refractivity contribution in [2.45, 2.75) is 57.8 Å². The first kappa shape index (κ1) is 87.6. The largest absolute Gasteiger partial charge is 0.309 e. The van der Waals surface area contributed by atoms with Gasteiger partial charge in [0.1, 0.15) is 0 Å². The van der Waals surface area contributed by atoms with Crippen LogP contribution >= 0.6 is 0 Å². The summed E-state index contributed by atoms with van der Waals surface area (Å²) in [6.45, 7) is 14.3. The molecule has 0 spiro atoms. The van der Waals surface area contributed by atoms with E-state index in [0.717, 1.165) is 112 Å². The summed E-state index contributed by atoms with van der Waals surface area (Å²) in [4.78, 5) is 30.8. The molecule has 9 nitrogen and oxygen atoms in total. The smallest absolute Gasteiger partial charge is 0.160 e. The highest BCUT2D eigenvalue weighted by atomic mass is 15.0. The van der Waals surface area contributed by atoms with Gasteiger partial charge >= 0.3 is 0 Å². The second-order valence-electron chi connectivity index (χ2n) is 41.7. The molecule has 0 atom stereocenters. The molecule has 0 unspecified atom stereocenters. The zero-order chi connectivity index (χ0) is 99.9. The molecule has 0 saturated heterocycles. The van der Waals surface area contributed by atoms with E-state index in [1.807, 2.05) is 42.5 Å². The van der Waals surface area contributed by atoms with E-state index in [2.05, 4.69) is 492 Å². The first-order chi connectivity index (χ1) is 73.7. The lowest BCUT2D eigenvalue weighted by atomic mass is 9.80. The Morgan fingerprint density at radius 2 is 0.400 bits per heavy atom. The Kier molecular flexibility index (Phi) is 19.9. The molecule has 0 aliphatic heterocycles. The van der Waals surface area contributed by atoms with Crippen molar-refractivity contribution >= 4 is 131 Å². The number of rotatable bonds is 10. The molecule has 0 saturated carbocycles. The standard InChI is InChI=1S/C51H35N3.2C45H31N3/c1-51(2)42-21-11-8-18-39(42)45-37-16-6-7-17-38(37)46-41-20-10-13-23-44(41)54(49(46)47(45)51)36-30-28-35(29-31-36)50-52-43-22-12-9-19-40(43)48(53-50)34-26-24-33(25-27-34)32-14-4-3-5-15-32;1-45(2)36-21-11-8-18-33(36)39-31-16-6-7-17-32(31)40-35-20-10-13-23-38(35)48(43(40)41(39)45)30-26-24-29(25-27-30)44-46-37-22-12-9-19-34(37)42(47-44)28-14-4-3-5-15-28;1-45(2)35-20-10-8-18-33(35)39-31-16-6-7-17-32(31)40-34-19-9-13-23-38(34)48(44(40)41(39)45)30-26-24-29(25-27-30)43-42(28-14-4-3-5-15-28)46-36-21-11-12-22-37(36)47-43/h3-31H,1-2H3;2*3-27H,1-2H3. The molecule has 706 valence electrons. The molecule has 22 aromatic carbocycles. The SMILES string of the molecule is CC1(C)c2ccccc2-c2c1c1c(c3ccccc23)c2ccccc2n1-c1ccc(-c2nc(-c3ccc(-c4ccccc4)cc3)c3ccccc3n2)cc1.CC1(C)c2ccccc2-c2c1c1c(c3ccccc23)c2ccccc2n1-c1ccc(-c2nc(-c3ccccc3)c3ccccc3n2)cc1.CC1(C)c2ccccc2-c2c1c1c(c3ccccc23)c2ccccc2n1-c1ccc(-c2nc3ccccc3nc2-c2ccccc2)cc1. The molecule has 150 heavy (non-hydrogen) atoms. The minimum atomic E-state index is -0.186. The minimum Gasteiger partial charge on any atom is -0.309 e. The van der Waals surface area contributed by atoms with E-state index < -0.39 is 0 Å². The third kappa shape index (κ3) is 13.4. The first-order valence-corrected chi connectivity index (χ1v) is 51.9. The van der Waals surface area contributed by atoms with Crippen LogP contribution < -0.4 is 0 Å². The van der Waals surface area contributed by atoms with Gasteiger partial charge in [-0.3, -0.25) is 0 Å². The van der Waals surface area contributed by atoms with Crippen LogP contribution in [0, 0.1) is 0 Å². The Hall–Kier alpha value is -19.0. The lowest BCUT2D eigenvalue weighted by Gasteiger charge is -2.24. The van der Waals surface area contributed by atoms with E-state index >= 15 is 0 Å². The predicted molar refractivity (Wildman–Crippen MR) is 625 cm³/mol. The third-order valence-corrected chi connectivity index (χ3v) is 32.3. The number of nitrogens with zero attached hydrogens (tertiary/aromatic N) is 9. The van der Waals surface area contributed by atoms with Gasteiger partial charge < -0.3 is 13.7 Å². The van der Waals surface area contributed by atoms with Gasteiger partial charge in [0.05, 0.1) is 77.9 Å². The molecule has 0 N–H and O–H groups in total. The minimum absolute atomic E-state index is 0.174. The lowest BCUT2D eigenvalue weighted by molar-refractivity contribution is 0.664. The number of para-hydroxylation sites is 7. The molecule has 0 radical (unpaired) electrons. The molecular formula is C141H97N9. The average molecular weight is 1920 g/mol. The van der Waals surface area contributed by atoms with Crippen LogP contribution in [-0.4, -0.2) is 43.6 Å². The normalized spacial score (nSPS) is 13.3. The molecule has 3 aliphatic rings. The monoisotopic (exact) mass is 1920 g/mol. The van der Waals surface area contributed by atoms with Crippen molar-refractivity contribution in [3.63, 3.8) is 0 Å². The Balaban J connectivity index is 0.000000106. The predicted octanol–water partition coefficient (Wildman–Crippen LogP) is 36.2. The highest BCUT2D eigenvalue weighted by Gasteiger charge is 2.44. The van der Waals surface area contributed by atoms with Crippen molar-refractivity contribution in [3.8, 4) is 129 Å². The average Bonchev–Trinajstić information content (AvgIpc) is 1.52. The fourth-order valence-corrected chi connectivity index (χ4v) is 25.6. The van der Waals surface area contributed by atoms with Crippen LogP contribution in [0.4, 0.5) is 0 Å². The summed E-state index contributed by atoms with van der Waals surface area (Å²) in [6, 6.07) is 172. The van der Waals surface area contributed by atoms with E-state index in [4.69, 9.17) is 29.9 Å². The number of hydrogen-bond acceptors (Lipinski definition) is 6. The zero-order valence-corrected chi connectivity index (χ0v) is 83.6. The van der Waals surface area contributed by atoms with Gasteiger partial charge in [-0.15, -0.1) is 0 Å². The molecule has 6 aromatic heterocycles. The van der Waals surface area contributed by atoms with E-state index in [0.29, 0.717) is 5.82 Å². The topological polar surface area (TPSA) is 92.1 Å². The van der Waals surface area contributed by atoms with Gasteiger partial charge in [-0.1, -0.05) is 418 Å². The van der Waals surface area contributed by atoms with Crippen LogP contribution in [0.2, 0.25) is 0 Å². The van der Waals surface area contributed by atoms with Gasteiger partial charge in [0.15, 0.2) is 11.6 Å². The number of aromatic nitrogens is 9. The zero-order valence-electron chi connectivity index (χ0n) is 83.6. The summed E-state index contributed by atoms with van der Waals surface area (Å²) >= 11 is 0. The van der Waals surface area contributed by atoms with Gasteiger partial charge in [0.2, 0.25) is 0 Å². The Morgan fingerprint density at radius 3 is 0.747 bits per heavy atom. The Bertz CT molecular complexity index is 10500. The maximum Gasteiger partial charge on any atom is 0.160 e. The summed E-state index contributed by atoms with van der Waals surface area (Å²) in [7, 11) is 0. The highest BCUT2D eigenvalue weighted by molar-refractivity contribution is 6.30. The van der Waals surface area contributed by atoms with Gasteiger partial charge in [0, 0.05) is 110 Å². The van der Waals surface area contributed by atoms with Crippen molar-refractivity contribution in [1.29, 1.82) is 0 Å². The summed E-state index contributed by atoms with van der Waals surface area (Å²) < 4.78 is 7.48. The van der Waals surface area contributed by atoms with Gasteiger partial charge in [0.25, 0.3) is 0 Å². The highest BCUT2D eigenvalue weighted by Crippen LogP contribution is 2.61. The second-order valence-corrected chi connectivity index (χ2v) is 41.7. The van der Waals surface area contributed by atoms with Crippen LogP contribution in [0.3, 0.4) is 0 Å². The van der Waals surface area contributed by atoms with Gasteiger partial charge in [-0.25, -0.2) is 29.9 Å². The van der Waals surface area contributed by atoms with Crippen molar-refractivity contribution in [2.24, 2.45) is 0 Å². The molecule has 0 amide bonds. The van der Waals surface area contributed by atoms with Crippen molar-refractivity contribution in [1.82, 2.24) is 43.6 Å². The third-order valence-electron chi connectivity index (χ3n) is 32.3. The van der Waals surface area contributed by atoms with Crippen molar-refractivity contribution < 1.29 is 0 Å². The fraction of sp³-hybridized carbons (Fsp3) is 0.0638. The van der Waals surface area contributed by atoms with Crippen LogP contribution in [0.25, 0.3) is 260 Å². The van der Waals surface area contributed by atoms with Gasteiger partial charge in [-0.05, 0) is 213 Å².